The van der Waals surface area contributed by atoms with Gasteiger partial charge >= 0.3 is 0 Å². The number of hydrogen-bond donors (Lipinski definition) is 2. The molecule has 2 N–H and O–H groups in total. The summed E-state index contributed by atoms with van der Waals surface area (Å²) >= 11 is 0. The summed E-state index contributed by atoms with van der Waals surface area (Å²) < 4.78 is 1.47. The molecule has 0 atom stereocenters. The zero-order valence-electron chi connectivity index (χ0n) is 17.0. The van der Waals surface area contributed by atoms with Crippen LogP contribution in [0.4, 0.5) is 5.82 Å². The summed E-state index contributed by atoms with van der Waals surface area (Å²) in [5, 5.41) is 9.47. The molecule has 2 aromatic heterocycles. The van der Waals surface area contributed by atoms with Crippen molar-refractivity contribution >= 4 is 22.5 Å². The molecular weight excluding hydrogens is 378 g/mol. The van der Waals surface area contributed by atoms with E-state index in [-0.39, 0.29) is 17.9 Å². The fraction of sp³-hybridized carbons (Fsp3) is 0.217. The number of aromatic amines is 1. The smallest absolute Gasteiger partial charge is 0.252 e. The number of H-pyrrole nitrogens is 1. The van der Waals surface area contributed by atoms with Crippen molar-refractivity contribution in [2.75, 3.05) is 5.32 Å². The third kappa shape index (κ3) is 4.15. The Morgan fingerprint density at radius 3 is 2.77 bits per heavy atom. The summed E-state index contributed by atoms with van der Waals surface area (Å²) in [4.78, 5) is 32.1. The van der Waals surface area contributed by atoms with Gasteiger partial charge < -0.3 is 5.32 Å². The summed E-state index contributed by atoms with van der Waals surface area (Å²) in [6.45, 7) is 3.85. The molecular formula is C23H23N5O2. The lowest BCUT2D eigenvalue weighted by atomic mass is 10.0. The molecule has 7 heteroatoms. The Morgan fingerprint density at radius 2 is 1.93 bits per heavy atom. The van der Waals surface area contributed by atoms with Crippen LogP contribution in [0.1, 0.15) is 30.3 Å². The normalized spacial score (nSPS) is 11.0. The second kappa shape index (κ2) is 8.32. The van der Waals surface area contributed by atoms with E-state index >= 15 is 0 Å². The highest BCUT2D eigenvalue weighted by Gasteiger charge is 2.14. The standard InChI is InChI=1S/C23H23N5O2/c1-3-7-18-14-22(30)26-23(24-18)28-20(12-15(2)27-28)25-21(29)13-17-10-6-9-16-8-4-5-11-19(16)17/h4-6,8-12,14H,3,7,13H2,1-2H3,(H,25,29)(H,24,26,30). The van der Waals surface area contributed by atoms with Crippen LogP contribution in [0, 0.1) is 6.92 Å². The first-order valence-electron chi connectivity index (χ1n) is 9.97. The van der Waals surface area contributed by atoms with Crippen molar-refractivity contribution in [1.29, 1.82) is 0 Å². The molecule has 0 radical (unpaired) electrons. The predicted molar refractivity (Wildman–Crippen MR) is 117 cm³/mol. The first kappa shape index (κ1) is 19.6. The average Bonchev–Trinajstić information content (AvgIpc) is 3.08. The molecule has 4 aromatic rings. The van der Waals surface area contributed by atoms with E-state index in [2.05, 4.69) is 20.4 Å². The van der Waals surface area contributed by atoms with E-state index in [4.69, 9.17) is 0 Å². The summed E-state index contributed by atoms with van der Waals surface area (Å²) in [6, 6.07) is 17.2. The van der Waals surface area contributed by atoms with Crippen LogP contribution < -0.4 is 10.9 Å². The zero-order chi connectivity index (χ0) is 21.1. The molecule has 2 heterocycles. The van der Waals surface area contributed by atoms with Crippen molar-refractivity contribution in [2.24, 2.45) is 0 Å². The molecule has 4 rings (SSSR count). The monoisotopic (exact) mass is 401 g/mol. The molecule has 0 aliphatic rings. The molecule has 0 aliphatic carbocycles. The maximum atomic E-state index is 12.8. The first-order chi connectivity index (χ1) is 14.5. The minimum Gasteiger partial charge on any atom is -0.310 e. The van der Waals surface area contributed by atoms with Gasteiger partial charge in [-0.15, -0.1) is 0 Å². The summed E-state index contributed by atoms with van der Waals surface area (Å²) in [5.41, 5.74) is 2.10. The Kier molecular flexibility index (Phi) is 5.43. The number of nitrogens with zero attached hydrogens (tertiary/aromatic N) is 3. The molecule has 0 bridgehead atoms. The fourth-order valence-corrected chi connectivity index (χ4v) is 3.53. The van der Waals surface area contributed by atoms with Crippen LogP contribution >= 0.6 is 0 Å². The van der Waals surface area contributed by atoms with Gasteiger partial charge in [0, 0.05) is 17.8 Å². The van der Waals surface area contributed by atoms with Crippen LogP contribution in [0.5, 0.6) is 0 Å². The molecule has 7 nitrogen and oxygen atoms in total. The van der Waals surface area contributed by atoms with E-state index < -0.39 is 0 Å². The van der Waals surface area contributed by atoms with Crippen molar-refractivity contribution in [3.63, 3.8) is 0 Å². The second-order valence-electron chi connectivity index (χ2n) is 7.26. The van der Waals surface area contributed by atoms with E-state index in [1.54, 1.807) is 6.07 Å². The largest absolute Gasteiger partial charge is 0.310 e. The van der Waals surface area contributed by atoms with Gasteiger partial charge in [-0.2, -0.15) is 9.78 Å². The Labute approximate surface area is 173 Å². The second-order valence-corrected chi connectivity index (χ2v) is 7.26. The van der Waals surface area contributed by atoms with Gasteiger partial charge in [-0.3, -0.25) is 14.6 Å². The van der Waals surface area contributed by atoms with E-state index in [9.17, 15) is 9.59 Å². The maximum Gasteiger partial charge on any atom is 0.252 e. The topological polar surface area (TPSA) is 92.7 Å². The van der Waals surface area contributed by atoms with Crippen molar-refractivity contribution < 1.29 is 4.79 Å². The number of fused-ring (bicyclic) bond motifs is 1. The number of aryl methyl sites for hydroxylation is 2. The maximum absolute atomic E-state index is 12.8. The van der Waals surface area contributed by atoms with E-state index in [1.807, 2.05) is 56.3 Å². The summed E-state index contributed by atoms with van der Waals surface area (Å²) in [5.74, 6) is 0.591. The Hall–Kier alpha value is -3.74. The molecule has 2 aromatic carbocycles. The molecule has 1 amide bonds. The van der Waals surface area contributed by atoms with Crippen molar-refractivity contribution in [2.45, 2.75) is 33.1 Å². The SMILES string of the molecule is CCCc1cc(=O)[nH]c(-n2nc(C)cc2NC(=O)Cc2cccc3ccccc23)n1. The van der Waals surface area contributed by atoms with Gasteiger partial charge in [0.2, 0.25) is 11.9 Å². The number of amides is 1. The lowest BCUT2D eigenvalue weighted by Gasteiger charge is -2.10. The minimum atomic E-state index is -0.246. The Balaban J connectivity index is 1.62. The van der Waals surface area contributed by atoms with Gasteiger partial charge in [-0.05, 0) is 29.7 Å². The van der Waals surface area contributed by atoms with Gasteiger partial charge in [-0.25, -0.2) is 4.98 Å². The minimum absolute atomic E-state index is 0.167. The molecule has 0 saturated carbocycles. The number of aromatic nitrogens is 4. The number of nitrogens with one attached hydrogen (secondary N) is 2. The zero-order valence-corrected chi connectivity index (χ0v) is 17.0. The number of carbonyl (C=O) groups excluding carboxylic acids is 1. The molecule has 152 valence electrons. The first-order valence-corrected chi connectivity index (χ1v) is 9.97. The van der Waals surface area contributed by atoms with Crippen LogP contribution in [0.25, 0.3) is 16.7 Å². The Morgan fingerprint density at radius 1 is 1.13 bits per heavy atom. The van der Waals surface area contributed by atoms with Crippen LogP contribution in [0.15, 0.2) is 59.4 Å². The van der Waals surface area contributed by atoms with Crippen LogP contribution in [0.3, 0.4) is 0 Å². The third-order valence-corrected chi connectivity index (χ3v) is 4.82. The Bertz CT molecular complexity index is 1270. The van der Waals surface area contributed by atoms with Crippen molar-refractivity contribution in [3.05, 3.63) is 81.9 Å². The van der Waals surface area contributed by atoms with E-state index in [0.717, 1.165) is 22.8 Å². The van der Waals surface area contributed by atoms with Crippen molar-refractivity contribution in [3.8, 4) is 5.95 Å². The number of hydrogen-bond acceptors (Lipinski definition) is 4. The number of rotatable bonds is 6. The van der Waals surface area contributed by atoms with Gasteiger partial charge in [0.25, 0.3) is 5.56 Å². The highest BCUT2D eigenvalue weighted by molar-refractivity contribution is 5.95. The molecule has 0 aliphatic heterocycles. The molecule has 0 spiro atoms. The number of anilines is 1. The van der Waals surface area contributed by atoms with Crippen LogP contribution in [0.2, 0.25) is 0 Å². The molecule has 30 heavy (non-hydrogen) atoms. The highest BCUT2D eigenvalue weighted by Crippen LogP contribution is 2.20. The number of carbonyl (C=O) groups is 1. The predicted octanol–water partition coefficient (Wildman–Crippen LogP) is 3.55. The van der Waals surface area contributed by atoms with Gasteiger partial charge in [0.15, 0.2) is 0 Å². The third-order valence-electron chi connectivity index (χ3n) is 4.82. The van der Waals surface area contributed by atoms with Gasteiger partial charge in [0.1, 0.15) is 5.82 Å². The van der Waals surface area contributed by atoms with E-state index in [1.165, 1.54) is 10.7 Å². The fourth-order valence-electron chi connectivity index (χ4n) is 3.53. The lowest BCUT2D eigenvalue weighted by molar-refractivity contribution is -0.115. The quantitative estimate of drug-likeness (QED) is 0.517. The van der Waals surface area contributed by atoms with Gasteiger partial charge in [0.05, 0.1) is 12.1 Å². The van der Waals surface area contributed by atoms with E-state index in [0.29, 0.717) is 29.6 Å². The highest BCUT2D eigenvalue weighted by atomic mass is 16.1. The van der Waals surface area contributed by atoms with Crippen molar-refractivity contribution in [1.82, 2.24) is 19.7 Å². The van der Waals surface area contributed by atoms with Gasteiger partial charge in [-0.1, -0.05) is 55.8 Å². The average molecular weight is 401 g/mol. The lowest BCUT2D eigenvalue weighted by Crippen LogP contribution is -2.20. The molecule has 0 saturated heterocycles. The summed E-state index contributed by atoms with van der Waals surface area (Å²) in [6.07, 6.45) is 1.80. The molecule has 0 fully saturated rings. The molecule has 0 unspecified atom stereocenters. The summed E-state index contributed by atoms with van der Waals surface area (Å²) in [7, 11) is 0. The van der Waals surface area contributed by atoms with Crippen LogP contribution in [-0.4, -0.2) is 25.7 Å². The van der Waals surface area contributed by atoms with Crippen LogP contribution in [-0.2, 0) is 17.6 Å². The number of benzene rings is 2.